The van der Waals surface area contributed by atoms with E-state index in [1.54, 1.807) is 12.1 Å². The second kappa shape index (κ2) is 6.02. The van der Waals surface area contributed by atoms with E-state index in [1.165, 1.54) is 0 Å². The second-order valence-electron chi connectivity index (χ2n) is 5.00. The van der Waals surface area contributed by atoms with E-state index in [0.717, 1.165) is 30.8 Å². The number of tetrazole rings is 1. The van der Waals surface area contributed by atoms with Gasteiger partial charge in [0.05, 0.1) is 10.7 Å². The fourth-order valence-corrected chi connectivity index (χ4v) is 2.06. The van der Waals surface area contributed by atoms with Gasteiger partial charge < -0.3 is 5.73 Å². The Kier molecular flexibility index (Phi) is 4.37. The van der Waals surface area contributed by atoms with Gasteiger partial charge in [0, 0.05) is 12.1 Å². The lowest BCUT2D eigenvalue weighted by Gasteiger charge is -2.07. The van der Waals surface area contributed by atoms with Crippen LogP contribution in [0.4, 0.5) is 5.69 Å². The first kappa shape index (κ1) is 13.8. The summed E-state index contributed by atoms with van der Waals surface area (Å²) in [6.07, 6.45) is 2.21. The summed E-state index contributed by atoms with van der Waals surface area (Å²) in [4.78, 5) is 0. The number of nitrogens with zero attached hydrogens (tertiary/aromatic N) is 4. The molecule has 0 aliphatic carbocycles. The molecule has 0 bridgehead atoms. The number of hydrogen-bond acceptors (Lipinski definition) is 4. The monoisotopic (exact) mass is 279 g/mol. The Morgan fingerprint density at radius 2 is 2.16 bits per heavy atom. The van der Waals surface area contributed by atoms with Gasteiger partial charge in [0.2, 0.25) is 0 Å². The first-order valence-corrected chi connectivity index (χ1v) is 6.77. The second-order valence-corrected chi connectivity index (χ2v) is 5.41. The molecule has 6 heteroatoms. The topological polar surface area (TPSA) is 69.6 Å². The van der Waals surface area contributed by atoms with Crippen LogP contribution in [0.1, 0.15) is 26.7 Å². The lowest BCUT2D eigenvalue weighted by Crippen LogP contribution is -2.04. The van der Waals surface area contributed by atoms with Gasteiger partial charge >= 0.3 is 0 Å². The number of nitrogen functional groups attached to an aromatic ring is 1. The van der Waals surface area contributed by atoms with Crippen molar-refractivity contribution < 1.29 is 0 Å². The summed E-state index contributed by atoms with van der Waals surface area (Å²) in [6, 6.07) is 5.44. The first-order valence-electron chi connectivity index (χ1n) is 6.39. The normalized spacial score (nSPS) is 11.2. The highest BCUT2D eigenvalue weighted by Crippen LogP contribution is 2.25. The van der Waals surface area contributed by atoms with Gasteiger partial charge in [-0.1, -0.05) is 25.4 Å². The van der Waals surface area contributed by atoms with Crippen molar-refractivity contribution in [2.24, 2.45) is 5.92 Å². The number of rotatable bonds is 5. The molecule has 2 rings (SSSR count). The van der Waals surface area contributed by atoms with Crippen LogP contribution in [0.3, 0.4) is 0 Å². The molecule has 1 aromatic heterocycles. The smallest absolute Gasteiger partial charge is 0.182 e. The molecule has 0 aliphatic heterocycles. The molecule has 0 saturated carbocycles. The molecular weight excluding hydrogens is 262 g/mol. The van der Waals surface area contributed by atoms with E-state index in [2.05, 4.69) is 29.4 Å². The maximum Gasteiger partial charge on any atom is 0.182 e. The van der Waals surface area contributed by atoms with Crippen LogP contribution in [0, 0.1) is 5.92 Å². The van der Waals surface area contributed by atoms with Crippen molar-refractivity contribution in [1.29, 1.82) is 0 Å². The van der Waals surface area contributed by atoms with Gasteiger partial charge in [-0.3, -0.25) is 0 Å². The standard InChI is InChI=1S/C13H18ClN5/c1-9(2)4-3-7-19-13(16-17-18-19)10-5-6-12(15)11(14)8-10/h5-6,8-9H,3-4,7,15H2,1-2H3. The molecule has 0 fully saturated rings. The third-order valence-electron chi connectivity index (χ3n) is 2.94. The van der Waals surface area contributed by atoms with E-state index in [1.807, 2.05) is 10.7 Å². The van der Waals surface area contributed by atoms with Crippen LogP contribution in [-0.4, -0.2) is 20.2 Å². The van der Waals surface area contributed by atoms with Gasteiger partial charge in [0.25, 0.3) is 0 Å². The predicted octanol–water partition coefficient (Wildman–Crippen LogP) is 3.01. The van der Waals surface area contributed by atoms with Crippen LogP contribution < -0.4 is 5.73 Å². The van der Waals surface area contributed by atoms with Gasteiger partial charge in [0.15, 0.2) is 5.82 Å². The first-order chi connectivity index (χ1) is 9.08. The third-order valence-corrected chi connectivity index (χ3v) is 3.27. The number of halogens is 1. The number of anilines is 1. The van der Waals surface area contributed by atoms with Crippen molar-refractivity contribution in [3.63, 3.8) is 0 Å². The van der Waals surface area contributed by atoms with E-state index in [4.69, 9.17) is 17.3 Å². The summed E-state index contributed by atoms with van der Waals surface area (Å²) in [5.74, 6) is 1.41. The van der Waals surface area contributed by atoms with Gasteiger partial charge in [-0.05, 0) is 47.4 Å². The summed E-state index contributed by atoms with van der Waals surface area (Å²) in [6.45, 7) is 5.23. The molecule has 102 valence electrons. The molecule has 0 radical (unpaired) electrons. The quantitative estimate of drug-likeness (QED) is 0.854. The van der Waals surface area contributed by atoms with Gasteiger partial charge in [-0.2, -0.15) is 0 Å². The van der Waals surface area contributed by atoms with Crippen molar-refractivity contribution in [2.75, 3.05) is 5.73 Å². The summed E-state index contributed by atoms with van der Waals surface area (Å²) in [5.41, 5.74) is 7.15. The zero-order chi connectivity index (χ0) is 13.8. The molecule has 0 aliphatic rings. The molecule has 2 N–H and O–H groups in total. The largest absolute Gasteiger partial charge is 0.398 e. The van der Waals surface area contributed by atoms with Crippen molar-refractivity contribution in [3.8, 4) is 11.4 Å². The highest BCUT2D eigenvalue weighted by Gasteiger charge is 2.10. The van der Waals surface area contributed by atoms with E-state index >= 15 is 0 Å². The molecule has 0 saturated heterocycles. The number of nitrogens with two attached hydrogens (primary N) is 1. The SMILES string of the molecule is CC(C)CCCn1nnnc1-c1ccc(N)c(Cl)c1. The minimum Gasteiger partial charge on any atom is -0.398 e. The molecule has 0 unspecified atom stereocenters. The zero-order valence-electron chi connectivity index (χ0n) is 11.2. The highest BCUT2D eigenvalue weighted by molar-refractivity contribution is 6.33. The highest BCUT2D eigenvalue weighted by atomic mass is 35.5. The molecular formula is C13H18ClN5. The number of benzene rings is 1. The number of aromatic nitrogens is 4. The molecule has 1 aromatic carbocycles. The number of aryl methyl sites for hydroxylation is 1. The lowest BCUT2D eigenvalue weighted by atomic mass is 10.1. The molecule has 0 amide bonds. The summed E-state index contributed by atoms with van der Waals surface area (Å²) in [5, 5.41) is 12.3. The Balaban J connectivity index is 2.16. The van der Waals surface area contributed by atoms with Gasteiger partial charge in [-0.15, -0.1) is 5.10 Å². The molecule has 5 nitrogen and oxygen atoms in total. The fourth-order valence-electron chi connectivity index (χ4n) is 1.88. The fraction of sp³-hybridized carbons (Fsp3) is 0.462. The van der Waals surface area contributed by atoms with Crippen LogP contribution in [-0.2, 0) is 6.54 Å². The molecule has 19 heavy (non-hydrogen) atoms. The zero-order valence-corrected chi connectivity index (χ0v) is 11.9. The van der Waals surface area contributed by atoms with E-state index < -0.39 is 0 Å². The maximum absolute atomic E-state index is 6.03. The van der Waals surface area contributed by atoms with Gasteiger partial charge in [0.1, 0.15) is 0 Å². The minimum absolute atomic E-state index is 0.522. The summed E-state index contributed by atoms with van der Waals surface area (Å²) in [7, 11) is 0. The van der Waals surface area contributed by atoms with E-state index in [0.29, 0.717) is 16.6 Å². The maximum atomic E-state index is 6.03. The average Bonchev–Trinajstić information content (AvgIpc) is 2.80. The van der Waals surface area contributed by atoms with Gasteiger partial charge in [-0.25, -0.2) is 4.68 Å². The van der Waals surface area contributed by atoms with Crippen molar-refractivity contribution in [2.45, 2.75) is 33.2 Å². The Hall–Kier alpha value is -1.62. The molecule has 0 atom stereocenters. The van der Waals surface area contributed by atoms with Crippen molar-refractivity contribution in [3.05, 3.63) is 23.2 Å². The average molecular weight is 280 g/mol. The molecule has 0 spiro atoms. The summed E-state index contributed by atoms with van der Waals surface area (Å²) >= 11 is 6.03. The van der Waals surface area contributed by atoms with E-state index in [9.17, 15) is 0 Å². The Bertz CT molecular complexity index is 550. The van der Waals surface area contributed by atoms with Crippen LogP contribution in [0.15, 0.2) is 18.2 Å². The Labute approximate surface area is 117 Å². The predicted molar refractivity (Wildman–Crippen MR) is 76.7 cm³/mol. The third kappa shape index (κ3) is 3.44. The Morgan fingerprint density at radius 3 is 2.84 bits per heavy atom. The van der Waals surface area contributed by atoms with E-state index in [-0.39, 0.29) is 0 Å². The minimum atomic E-state index is 0.522. The molecule has 2 aromatic rings. The van der Waals surface area contributed by atoms with Crippen molar-refractivity contribution in [1.82, 2.24) is 20.2 Å². The molecule has 1 heterocycles. The summed E-state index contributed by atoms with van der Waals surface area (Å²) < 4.78 is 1.81. The number of hydrogen-bond donors (Lipinski definition) is 1. The van der Waals surface area contributed by atoms with Crippen LogP contribution in [0.2, 0.25) is 5.02 Å². The van der Waals surface area contributed by atoms with Crippen LogP contribution in [0.5, 0.6) is 0 Å². The lowest BCUT2D eigenvalue weighted by molar-refractivity contribution is 0.485. The van der Waals surface area contributed by atoms with Crippen LogP contribution >= 0.6 is 11.6 Å². The van der Waals surface area contributed by atoms with Crippen molar-refractivity contribution >= 4 is 17.3 Å². The Morgan fingerprint density at radius 1 is 1.37 bits per heavy atom. The van der Waals surface area contributed by atoms with Crippen LogP contribution in [0.25, 0.3) is 11.4 Å².